The van der Waals surface area contributed by atoms with Gasteiger partial charge in [0.25, 0.3) is 0 Å². The second-order valence-corrected chi connectivity index (χ2v) is 3.65. The van der Waals surface area contributed by atoms with Gasteiger partial charge in [-0.15, -0.1) is 0 Å². The molecule has 1 aromatic rings. The lowest BCUT2D eigenvalue weighted by Crippen LogP contribution is -2.33. The minimum atomic E-state index is 0.710. The largest absolute Gasteiger partial charge is 0.385 e. The zero-order valence-electron chi connectivity index (χ0n) is 7.92. The van der Waals surface area contributed by atoms with Crippen LogP contribution in [0.4, 0.5) is 5.69 Å². The molecule has 0 atom stereocenters. The molecular formula is C11H15NO. The number of rotatable bonds is 3. The van der Waals surface area contributed by atoms with Crippen LogP contribution in [0.1, 0.15) is 5.56 Å². The SMILES string of the molecule is Cc1ccc(NCC2COC2)cc1. The van der Waals surface area contributed by atoms with Crippen molar-refractivity contribution in [1.29, 1.82) is 0 Å². The van der Waals surface area contributed by atoms with Gasteiger partial charge in [0.05, 0.1) is 13.2 Å². The number of aryl methyl sites for hydroxylation is 1. The highest BCUT2D eigenvalue weighted by atomic mass is 16.5. The molecule has 1 N–H and O–H groups in total. The third kappa shape index (κ3) is 2.22. The molecule has 0 aromatic heterocycles. The average Bonchev–Trinajstić information content (AvgIpc) is 2.05. The van der Waals surface area contributed by atoms with Gasteiger partial charge in [0.1, 0.15) is 0 Å². The molecule has 1 fully saturated rings. The maximum absolute atomic E-state index is 5.10. The lowest BCUT2D eigenvalue weighted by atomic mass is 10.1. The van der Waals surface area contributed by atoms with E-state index in [0.29, 0.717) is 5.92 Å². The van der Waals surface area contributed by atoms with Crippen molar-refractivity contribution < 1.29 is 4.74 Å². The van der Waals surface area contributed by atoms with Crippen LogP contribution in [0.3, 0.4) is 0 Å². The molecule has 2 nitrogen and oxygen atoms in total. The summed E-state index contributed by atoms with van der Waals surface area (Å²) in [6.45, 7) is 4.96. The Morgan fingerprint density at radius 2 is 2.00 bits per heavy atom. The maximum atomic E-state index is 5.10. The van der Waals surface area contributed by atoms with Crippen LogP contribution in [0.15, 0.2) is 24.3 Å². The van der Waals surface area contributed by atoms with E-state index in [1.807, 2.05) is 0 Å². The molecule has 2 heteroatoms. The van der Waals surface area contributed by atoms with Crippen molar-refractivity contribution in [3.63, 3.8) is 0 Å². The lowest BCUT2D eigenvalue weighted by Gasteiger charge is -2.26. The van der Waals surface area contributed by atoms with E-state index in [9.17, 15) is 0 Å². The van der Waals surface area contributed by atoms with Gasteiger partial charge < -0.3 is 10.1 Å². The summed E-state index contributed by atoms with van der Waals surface area (Å²) >= 11 is 0. The van der Waals surface area contributed by atoms with Gasteiger partial charge in [-0.25, -0.2) is 0 Å². The second kappa shape index (κ2) is 3.79. The third-order valence-corrected chi connectivity index (χ3v) is 2.35. The summed E-state index contributed by atoms with van der Waals surface area (Å²) in [5, 5.41) is 3.39. The molecule has 0 saturated carbocycles. The molecule has 13 heavy (non-hydrogen) atoms. The maximum Gasteiger partial charge on any atom is 0.0533 e. The van der Waals surface area contributed by atoms with Crippen molar-refractivity contribution in [3.8, 4) is 0 Å². The van der Waals surface area contributed by atoms with E-state index in [1.54, 1.807) is 0 Å². The van der Waals surface area contributed by atoms with Gasteiger partial charge in [0.2, 0.25) is 0 Å². The first-order valence-corrected chi connectivity index (χ1v) is 4.73. The van der Waals surface area contributed by atoms with Crippen molar-refractivity contribution in [3.05, 3.63) is 29.8 Å². The van der Waals surface area contributed by atoms with Crippen LogP contribution in [0.25, 0.3) is 0 Å². The normalized spacial score (nSPS) is 16.7. The van der Waals surface area contributed by atoms with E-state index in [4.69, 9.17) is 4.74 Å². The number of benzene rings is 1. The smallest absolute Gasteiger partial charge is 0.0533 e. The van der Waals surface area contributed by atoms with E-state index >= 15 is 0 Å². The Morgan fingerprint density at radius 1 is 1.31 bits per heavy atom. The van der Waals surface area contributed by atoms with Gasteiger partial charge in [-0.2, -0.15) is 0 Å². The molecule has 0 aliphatic carbocycles. The molecule has 0 radical (unpaired) electrons. The van der Waals surface area contributed by atoms with Crippen molar-refractivity contribution in [2.45, 2.75) is 6.92 Å². The summed E-state index contributed by atoms with van der Waals surface area (Å²) in [7, 11) is 0. The standard InChI is InChI=1S/C11H15NO/c1-9-2-4-11(5-3-9)12-6-10-7-13-8-10/h2-5,10,12H,6-8H2,1H3. The first-order chi connectivity index (χ1) is 6.34. The fourth-order valence-corrected chi connectivity index (χ4v) is 1.34. The molecule has 1 aromatic carbocycles. The fourth-order valence-electron chi connectivity index (χ4n) is 1.34. The van der Waals surface area contributed by atoms with Gasteiger partial charge in [-0.05, 0) is 19.1 Å². The zero-order chi connectivity index (χ0) is 9.10. The van der Waals surface area contributed by atoms with Crippen LogP contribution in [-0.4, -0.2) is 19.8 Å². The monoisotopic (exact) mass is 177 g/mol. The number of hydrogen-bond acceptors (Lipinski definition) is 2. The lowest BCUT2D eigenvalue weighted by molar-refractivity contribution is -0.0248. The fraction of sp³-hybridized carbons (Fsp3) is 0.455. The summed E-state index contributed by atoms with van der Waals surface area (Å²) in [6.07, 6.45) is 0. The van der Waals surface area contributed by atoms with Gasteiger partial charge in [0, 0.05) is 18.2 Å². The summed E-state index contributed by atoms with van der Waals surface area (Å²) in [5.41, 5.74) is 2.51. The molecule has 1 heterocycles. The van der Waals surface area contributed by atoms with Crippen LogP contribution >= 0.6 is 0 Å². The Bertz CT molecular complexity index is 264. The van der Waals surface area contributed by atoms with Crippen LogP contribution in [0.2, 0.25) is 0 Å². The van der Waals surface area contributed by atoms with Crippen molar-refractivity contribution in [1.82, 2.24) is 0 Å². The number of nitrogens with one attached hydrogen (secondary N) is 1. The molecule has 1 aliphatic rings. The zero-order valence-corrected chi connectivity index (χ0v) is 7.92. The minimum Gasteiger partial charge on any atom is -0.385 e. The van der Waals surface area contributed by atoms with Crippen LogP contribution in [0, 0.1) is 12.8 Å². The molecule has 1 saturated heterocycles. The summed E-state index contributed by atoms with van der Waals surface area (Å²) < 4.78 is 5.10. The van der Waals surface area contributed by atoms with Crippen molar-refractivity contribution >= 4 is 5.69 Å². The highest BCUT2D eigenvalue weighted by Gasteiger charge is 2.17. The summed E-state index contributed by atoms with van der Waals surface area (Å²) in [4.78, 5) is 0. The predicted molar refractivity (Wildman–Crippen MR) is 54.0 cm³/mol. The van der Waals surface area contributed by atoms with Crippen LogP contribution in [0.5, 0.6) is 0 Å². The predicted octanol–water partition coefficient (Wildman–Crippen LogP) is 2.05. The minimum absolute atomic E-state index is 0.710. The molecule has 2 rings (SSSR count). The number of ether oxygens (including phenoxy) is 1. The molecule has 0 amide bonds. The Hall–Kier alpha value is -1.02. The van der Waals surface area contributed by atoms with E-state index in [1.165, 1.54) is 11.3 Å². The summed E-state index contributed by atoms with van der Waals surface area (Å²) in [6, 6.07) is 8.49. The van der Waals surface area contributed by atoms with Crippen molar-refractivity contribution in [2.75, 3.05) is 25.1 Å². The first-order valence-electron chi connectivity index (χ1n) is 4.73. The summed E-state index contributed by atoms with van der Waals surface area (Å²) in [5.74, 6) is 0.710. The molecular weight excluding hydrogens is 162 g/mol. The molecule has 0 spiro atoms. The van der Waals surface area contributed by atoms with Crippen molar-refractivity contribution in [2.24, 2.45) is 5.92 Å². The molecule has 1 aliphatic heterocycles. The topological polar surface area (TPSA) is 21.3 Å². The third-order valence-electron chi connectivity index (χ3n) is 2.35. The van der Waals surface area contributed by atoms with E-state index < -0.39 is 0 Å². The number of anilines is 1. The van der Waals surface area contributed by atoms with Gasteiger partial charge in [0.15, 0.2) is 0 Å². The highest BCUT2D eigenvalue weighted by molar-refractivity contribution is 5.44. The van der Waals surface area contributed by atoms with Gasteiger partial charge >= 0.3 is 0 Å². The molecule has 0 bridgehead atoms. The van der Waals surface area contributed by atoms with E-state index in [0.717, 1.165) is 19.8 Å². The Balaban J connectivity index is 1.83. The van der Waals surface area contributed by atoms with Crippen LogP contribution < -0.4 is 5.32 Å². The number of hydrogen-bond donors (Lipinski definition) is 1. The Labute approximate surface area is 78.9 Å². The van der Waals surface area contributed by atoms with E-state index in [2.05, 4.69) is 36.5 Å². The van der Waals surface area contributed by atoms with Gasteiger partial charge in [-0.1, -0.05) is 17.7 Å². The molecule has 0 unspecified atom stereocenters. The Kier molecular flexibility index (Phi) is 2.50. The second-order valence-electron chi connectivity index (χ2n) is 3.65. The average molecular weight is 177 g/mol. The quantitative estimate of drug-likeness (QED) is 0.763. The highest BCUT2D eigenvalue weighted by Crippen LogP contribution is 2.13. The first kappa shape index (κ1) is 8.57. The van der Waals surface area contributed by atoms with Crippen LogP contribution in [-0.2, 0) is 4.74 Å². The Morgan fingerprint density at radius 3 is 2.54 bits per heavy atom. The molecule has 70 valence electrons. The van der Waals surface area contributed by atoms with Gasteiger partial charge in [-0.3, -0.25) is 0 Å². The van der Waals surface area contributed by atoms with E-state index in [-0.39, 0.29) is 0 Å².